The molecule has 0 aromatic heterocycles. The first-order chi connectivity index (χ1) is 12.3. The lowest BCUT2D eigenvalue weighted by Crippen LogP contribution is -2.27. The Hall–Kier alpha value is -2.38. The molecule has 2 N–H and O–H groups in total. The molecule has 2 aromatic rings. The van der Waals surface area contributed by atoms with Crippen molar-refractivity contribution in [3.8, 4) is 0 Å². The van der Waals surface area contributed by atoms with Gasteiger partial charge in [0.2, 0.25) is 0 Å². The summed E-state index contributed by atoms with van der Waals surface area (Å²) < 4.78 is 27.7. The average molecular weight is 375 g/mol. The Kier molecular flexibility index (Phi) is 6.76. The lowest BCUT2D eigenvalue weighted by Gasteiger charge is -2.11. The van der Waals surface area contributed by atoms with Crippen LogP contribution in [0.2, 0.25) is 0 Å². The van der Waals surface area contributed by atoms with Crippen molar-refractivity contribution in [3.05, 3.63) is 59.7 Å². The highest BCUT2D eigenvalue weighted by Gasteiger charge is 2.16. The molecule has 0 aliphatic carbocycles. The van der Waals surface area contributed by atoms with Crippen molar-refractivity contribution in [1.82, 2.24) is 10.2 Å². The zero-order chi connectivity index (χ0) is 19.2. The van der Waals surface area contributed by atoms with Gasteiger partial charge in [0.1, 0.15) is 0 Å². The van der Waals surface area contributed by atoms with Crippen molar-refractivity contribution in [2.45, 2.75) is 18.2 Å². The van der Waals surface area contributed by atoms with Crippen LogP contribution in [0.1, 0.15) is 22.3 Å². The fourth-order valence-corrected chi connectivity index (χ4v) is 3.52. The smallest absolute Gasteiger partial charge is 0.261 e. The average Bonchev–Trinajstić information content (AvgIpc) is 2.58. The van der Waals surface area contributed by atoms with Crippen LogP contribution in [0, 0.1) is 6.92 Å². The van der Waals surface area contributed by atoms with E-state index >= 15 is 0 Å². The largest absolute Gasteiger partial charge is 0.352 e. The zero-order valence-electron chi connectivity index (χ0n) is 15.3. The van der Waals surface area contributed by atoms with Gasteiger partial charge in [0.05, 0.1) is 4.90 Å². The molecule has 0 saturated carbocycles. The summed E-state index contributed by atoms with van der Waals surface area (Å²) in [5.41, 5.74) is 1.77. The molecule has 140 valence electrons. The molecule has 0 unspecified atom stereocenters. The van der Waals surface area contributed by atoms with E-state index in [1.165, 1.54) is 12.1 Å². The van der Waals surface area contributed by atoms with E-state index in [1.54, 1.807) is 30.3 Å². The maximum Gasteiger partial charge on any atom is 0.261 e. The number of benzene rings is 2. The van der Waals surface area contributed by atoms with Gasteiger partial charge in [-0.1, -0.05) is 18.2 Å². The number of anilines is 1. The molecule has 0 heterocycles. The Balaban J connectivity index is 2.08. The highest BCUT2D eigenvalue weighted by Crippen LogP contribution is 2.18. The highest BCUT2D eigenvalue weighted by atomic mass is 32.2. The SMILES string of the molecule is Cc1cccc(NS(=O)(=O)c2cccc(C(=O)NCCCN(C)C)c2)c1. The minimum atomic E-state index is -3.76. The molecule has 26 heavy (non-hydrogen) atoms. The first-order valence-corrected chi connectivity index (χ1v) is 9.89. The summed E-state index contributed by atoms with van der Waals surface area (Å²) >= 11 is 0. The van der Waals surface area contributed by atoms with Gasteiger partial charge in [0.15, 0.2) is 0 Å². The number of sulfonamides is 1. The van der Waals surface area contributed by atoms with E-state index in [1.807, 2.05) is 32.0 Å². The minimum Gasteiger partial charge on any atom is -0.352 e. The molecule has 0 saturated heterocycles. The number of rotatable bonds is 8. The van der Waals surface area contributed by atoms with Crippen LogP contribution in [0.5, 0.6) is 0 Å². The standard InChI is InChI=1S/C19H25N3O3S/c1-15-7-4-9-17(13-15)21-26(24,25)18-10-5-8-16(14-18)19(23)20-11-6-12-22(2)3/h4-5,7-10,13-14,21H,6,11-12H2,1-3H3,(H,20,23). The lowest BCUT2D eigenvalue weighted by molar-refractivity contribution is 0.0952. The first kappa shape index (κ1) is 19.9. The third kappa shape index (κ3) is 5.86. The molecule has 1 amide bonds. The van der Waals surface area contributed by atoms with E-state index in [2.05, 4.69) is 10.0 Å². The molecule has 0 spiro atoms. The predicted octanol–water partition coefficient (Wildman–Crippen LogP) is 2.48. The Morgan fingerprint density at radius 1 is 1.08 bits per heavy atom. The monoisotopic (exact) mass is 375 g/mol. The molecule has 2 rings (SSSR count). The van der Waals surface area contributed by atoms with E-state index in [0.717, 1.165) is 18.5 Å². The summed E-state index contributed by atoms with van der Waals surface area (Å²) in [5, 5.41) is 2.81. The third-order valence-corrected chi connectivity index (χ3v) is 5.12. The van der Waals surface area contributed by atoms with Crippen LogP contribution in [0.3, 0.4) is 0 Å². The Morgan fingerprint density at radius 2 is 1.81 bits per heavy atom. The van der Waals surface area contributed by atoms with Crippen LogP contribution >= 0.6 is 0 Å². The summed E-state index contributed by atoms with van der Waals surface area (Å²) in [5.74, 6) is -0.281. The van der Waals surface area contributed by atoms with Crippen LogP contribution in [-0.2, 0) is 10.0 Å². The summed E-state index contributed by atoms with van der Waals surface area (Å²) in [4.78, 5) is 14.3. The third-order valence-electron chi connectivity index (χ3n) is 3.74. The molecule has 0 fully saturated rings. The second kappa shape index (κ2) is 8.82. The Morgan fingerprint density at radius 3 is 2.50 bits per heavy atom. The van der Waals surface area contributed by atoms with Gasteiger partial charge in [0, 0.05) is 17.8 Å². The molecule has 6 nitrogen and oxygen atoms in total. The van der Waals surface area contributed by atoms with Crippen LogP contribution < -0.4 is 10.0 Å². The van der Waals surface area contributed by atoms with Crippen molar-refractivity contribution in [1.29, 1.82) is 0 Å². The fraction of sp³-hybridized carbons (Fsp3) is 0.316. The van der Waals surface area contributed by atoms with Gasteiger partial charge in [-0.15, -0.1) is 0 Å². The highest BCUT2D eigenvalue weighted by molar-refractivity contribution is 7.92. The number of hydrogen-bond donors (Lipinski definition) is 2. The van der Waals surface area contributed by atoms with Crippen molar-refractivity contribution in [2.75, 3.05) is 31.9 Å². The van der Waals surface area contributed by atoms with Crippen LogP contribution in [-0.4, -0.2) is 46.4 Å². The second-order valence-corrected chi connectivity index (χ2v) is 8.10. The van der Waals surface area contributed by atoms with Gasteiger partial charge < -0.3 is 10.2 Å². The van der Waals surface area contributed by atoms with E-state index < -0.39 is 10.0 Å². The van der Waals surface area contributed by atoms with E-state index in [4.69, 9.17) is 0 Å². The zero-order valence-corrected chi connectivity index (χ0v) is 16.1. The van der Waals surface area contributed by atoms with Crippen molar-refractivity contribution < 1.29 is 13.2 Å². The second-order valence-electron chi connectivity index (χ2n) is 6.42. The van der Waals surface area contributed by atoms with Crippen LogP contribution in [0.25, 0.3) is 0 Å². The number of carbonyl (C=O) groups is 1. The Bertz CT molecular complexity index is 864. The topological polar surface area (TPSA) is 78.5 Å². The molecule has 2 aromatic carbocycles. The van der Waals surface area contributed by atoms with Gasteiger partial charge >= 0.3 is 0 Å². The molecule has 7 heteroatoms. The molecular weight excluding hydrogens is 350 g/mol. The number of carbonyl (C=O) groups excluding carboxylic acids is 1. The molecule has 0 aliphatic rings. The number of nitrogens with one attached hydrogen (secondary N) is 2. The number of nitrogens with zero attached hydrogens (tertiary/aromatic N) is 1. The van der Waals surface area contributed by atoms with E-state index in [0.29, 0.717) is 17.8 Å². The van der Waals surface area contributed by atoms with Crippen molar-refractivity contribution in [3.63, 3.8) is 0 Å². The summed E-state index contributed by atoms with van der Waals surface area (Å²) in [6, 6.07) is 13.1. The molecular formula is C19H25N3O3S. The van der Waals surface area contributed by atoms with Gasteiger partial charge in [-0.2, -0.15) is 0 Å². The normalized spacial score (nSPS) is 11.4. The van der Waals surface area contributed by atoms with Gasteiger partial charge in [-0.05, 0) is 69.9 Å². The summed E-state index contributed by atoms with van der Waals surface area (Å²) in [6.07, 6.45) is 0.825. The van der Waals surface area contributed by atoms with E-state index in [9.17, 15) is 13.2 Å². The quantitative estimate of drug-likeness (QED) is 0.695. The first-order valence-electron chi connectivity index (χ1n) is 8.40. The predicted molar refractivity (Wildman–Crippen MR) is 104 cm³/mol. The molecule has 0 bridgehead atoms. The summed E-state index contributed by atoms with van der Waals surface area (Å²) in [6.45, 7) is 3.30. The lowest BCUT2D eigenvalue weighted by atomic mass is 10.2. The van der Waals surface area contributed by atoms with Crippen molar-refractivity contribution >= 4 is 21.6 Å². The molecule has 0 radical (unpaired) electrons. The summed E-state index contributed by atoms with van der Waals surface area (Å²) in [7, 11) is 0.180. The fourth-order valence-electron chi connectivity index (χ4n) is 2.43. The van der Waals surface area contributed by atoms with Gasteiger partial charge in [-0.3, -0.25) is 9.52 Å². The molecule has 0 atom stereocenters. The molecule has 0 aliphatic heterocycles. The van der Waals surface area contributed by atoms with Crippen LogP contribution in [0.4, 0.5) is 5.69 Å². The number of hydrogen-bond acceptors (Lipinski definition) is 4. The van der Waals surface area contributed by atoms with Gasteiger partial charge in [-0.25, -0.2) is 8.42 Å². The van der Waals surface area contributed by atoms with E-state index in [-0.39, 0.29) is 10.8 Å². The maximum absolute atomic E-state index is 12.6. The van der Waals surface area contributed by atoms with Gasteiger partial charge in [0.25, 0.3) is 15.9 Å². The Labute approximate surface area is 155 Å². The number of amides is 1. The van der Waals surface area contributed by atoms with Crippen LogP contribution in [0.15, 0.2) is 53.4 Å². The maximum atomic E-state index is 12.6. The number of aryl methyl sites for hydroxylation is 1. The minimum absolute atomic E-state index is 0.0555. The van der Waals surface area contributed by atoms with Crippen molar-refractivity contribution in [2.24, 2.45) is 0 Å².